The van der Waals surface area contributed by atoms with Crippen molar-refractivity contribution < 1.29 is 14.3 Å². The van der Waals surface area contributed by atoms with Gasteiger partial charge in [-0.1, -0.05) is 30.3 Å². The van der Waals surface area contributed by atoms with Crippen LogP contribution in [0.4, 0.5) is 0 Å². The van der Waals surface area contributed by atoms with Gasteiger partial charge in [-0.25, -0.2) is 4.79 Å². The van der Waals surface area contributed by atoms with Crippen LogP contribution in [-0.4, -0.2) is 18.7 Å². The Bertz CT molecular complexity index is 328. The van der Waals surface area contributed by atoms with Crippen LogP contribution in [-0.2, 0) is 20.9 Å². The Morgan fingerprint density at radius 2 is 2.12 bits per heavy atom. The van der Waals surface area contributed by atoms with Crippen LogP contribution in [0.3, 0.4) is 0 Å². The Balaban J connectivity index is 1.79. The number of esters is 1. The molecule has 1 saturated heterocycles. The highest BCUT2D eigenvalue weighted by molar-refractivity contribution is 5.74. The predicted molar refractivity (Wildman–Crippen MR) is 59.8 cm³/mol. The first-order valence-electron chi connectivity index (χ1n) is 5.68. The molecule has 1 aliphatic rings. The quantitative estimate of drug-likeness (QED) is 0.733. The van der Waals surface area contributed by atoms with E-state index in [0.717, 1.165) is 24.8 Å². The van der Waals surface area contributed by atoms with E-state index in [1.165, 1.54) is 0 Å². The molecule has 0 aromatic heterocycles. The van der Waals surface area contributed by atoms with Gasteiger partial charge in [0.1, 0.15) is 6.61 Å². The van der Waals surface area contributed by atoms with Crippen LogP contribution in [0.5, 0.6) is 0 Å². The molecule has 0 saturated carbocycles. The molecule has 16 heavy (non-hydrogen) atoms. The predicted octanol–water partition coefficient (Wildman–Crippen LogP) is 2.30. The van der Waals surface area contributed by atoms with Crippen molar-refractivity contribution in [3.63, 3.8) is 0 Å². The van der Waals surface area contributed by atoms with Gasteiger partial charge in [-0.2, -0.15) is 0 Å². The second-order valence-electron chi connectivity index (χ2n) is 3.95. The number of hydrogen-bond acceptors (Lipinski definition) is 3. The van der Waals surface area contributed by atoms with Crippen LogP contribution in [0.25, 0.3) is 0 Å². The van der Waals surface area contributed by atoms with Gasteiger partial charge in [-0.15, -0.1) is 0 Å². The summed E-state index contributed by atoms with van der Waals surface area (Å²) in [6.07, 6.45) is 2.53. The van der Waals surface area contributed by atoms with E-state index in [-0.39, 0.29) is 12.1 Å². The minimum Gasteiger partial charge on any atom is -0.459 e. The molecule has 1 unspecified atom stereocenters. The van der Waals surface area contributed by atoms with Crippen LogP contribution < -0.4 is 0 Å². The molecule has 0 amide bonds. The average molecular weight is 220 g/mol. The van der Waals surface area contributed by atoms with Gasteiger partial charge < -0.3 is 9.47 Å². The lowest BCUT2D eigenvalue weighted by atomic mass is 10.1. The van der Waals surface area contributed by atoms with E-state index in [1.54, 1.807) is 0 Å². The first kappa shape index (κ1) is 11.1. The third kappa shape index (κ3) is 3.07. The molecule has 0 N–H and O–H groups in total. The minimum atomic E-state index is -0.350. The van der Waals surface area contributed by atoms with E-state index in [4.69, 9.17) is 9.47 Å². The zero-order chi connectivity index (χ0) is 11.2. The Morgan fingerprint density at radius 1 is 1.31 bits per heavy atom. The number of rotatable bonds is 3. The van der Waals surface area contributed by atoms with Crippen molar-refractivity contribution in [3.8, 4) is 0 Å². The zero-order valence-corrected chi connectivity index (χ0v) is 9.22. The highest BCUT2D eigenvalue weighted by atomic mass is 16.6. The van der Waals surface area contributed by atoms with E-state index in [0.29, 0.717) is 13.2 Å². The lowest BCUT2D eigenvalue weighted by Crippen LogP contribution is -2.29. The van der Waals surface area contributed by atoms with Crippen molar-refractivity contribution in [2.24, 2.45) is 0 Å². The second-order valence-corrected chi connectivity index (χ2v) is 3.95. The molecule has 2 rings (SSSR count). The summed E-state index contributed by atoms with van der Waals surface area (Å²) in [5, 5.41) is 0. The van der Waals surface area contributed by atoms with Crippen LogP contribution in [0.1, 0.15) is 24.8 Å². The molecule has 1 aromatic carbocycles. The van der Waals surface area contributed by atoms with Crippen molar-refractivity contribution in [3.05, 3.63) is 35.9 Å². The van der Waals surface area contributed by atoms with E-state index in [1.807, 2.05) is 30.3 Å². The molecule has 1 aliphatic heterocycles. The number of hydrogen-bond donors (Lipinski definition) is 0. The summed E-state index contributed by atoms with van der Waals surface area (Å²) in [5.41, 5.74) is 1.01. The van der Waals surface area contributed by atoms with Gasteiger partial charge >= 0.3 is 5.97 Å². The van der Waals surface area contributed by atoms with E-state index in [2.05, 4.69) is 0 Å². The van der Waals surface area contributed by atoms with E-state index < -0.39 is 0 Å². The van der Waals surface area contributed by atoms with Crippen LogP contribution >= 0.6 is 0 Å². The molecular weight excluding hydrogens is 204 g/mol. The van der Waals surface area contributed by atoms with Gasteiger partial charge in [0.2, 0.25) is 0 Å². The lowest BCUT2D eigenvalue weighted by molar-refractivity contribution is -0.161. The van der Waals surface area contributed by atoms with Gasteiger partial charge in [0.15, 0.2) is 6.10 Å². The smallest absolute Gasteiger partial charge is 0.335 e. The second kappa shape index (κ2) is 5.66. The first-order chi connectivity index (χ1) is 7.86. The average Bonchev–Trinajstić information content (AvgIpc) is 2.38. The molecule has 86 valence electrons. The molecule has 0 spiro atoms. The highest BCUT2D eigenvalue weighted by Gasteiger charge is 2.23. The molecule has 0 radical (unpaired) electrons. The van der Waals surface area contributed by atoms with Gasteiger partial charge in [0, 0.05) is 6.61 Å². The van der Waals surface area contributed by atoms with Gasteiger partial charge in [-0.05, 0) is 24.8 Å². The Morgan fingerprint density at radius 3 is 2.81 bits per heavy atom. The molecular formula is C13H16O3. The number of carbonyl (C=O) groups is 1. The van der Waals surface area contributed by atoms with Crippen LogP contribution in [0.15, 0.2) is 30.3 Å². The fraction of sp³-hybridized carbons (Fsp3) is 0.462. The number of ether oxygens (including phenoxy) is 2. The summed E-state index contributed by atoms with van der Waals surface area (Å²) < 4.78 is 10.6. The summed E-state index contributed by atoms with van der Waals surface area (Å²) in [6.45, 7) is 1.00. The molecule has 3 nitrogen and oxygen atoms in total. The minimum absolute atomic E-state index is 0.233. The monoisotopic (exact) mass is 220 g/mol. The lowest BCUT2D eigenvalue weighted by Gasteiger charge is -2.20. The summed E-state index contributed by atoms with van der Waals surface area (Å²) in [7, 11) is 0. The molecule has 1 atom stereocenters. The highest BCUT2D eigenvalue weighted by Crippen LogP contribution is 2.14. The maximum atomic E-state index is 11.6. The fourth-order valence-electron chi connectivity index (χ4n) is 1.75. The third-order valence-electron chi connectivity index (χ3n) is 2.67. The molecule has 0 bridgehead atoms. The number of carbonyl (C=O) groups excluding carboxylic acids is 1. The summed E-state index contributed by atoms with van der Waals surface area (Å²) in [6, 6.07) is 9.68. The first-order valence-corrected chi connectivity index (χ1v) is 5.68. The van der Waals surface area contributed by atoms with Crippen molar-refractivity contribution in [2.45, 2.75) is 32.0 Å². The zero-order valence-electron chi connectivity index (χ0n) is 9.22. The largest absolute Gasteiger partial charge is 0.459 e. The summed E-state index contributed by atoms with van der Waals surface area (Å²) in [5.74, 6) is -0.233. The maximum absolute atomic E-state index is 11.6. The summed E-state index contributed by atoms with van der Waals surface area (Å²) >= 11 is 0. The van der Waals surface area contributed by atoms with Gasteiger partial charge in [0.05, 0.1) is 0 Å². The van der Waals surface area contributed by atoms with Crippen molar-refractivity contribution in [1.82, 2.24) is 0 Å². The Kier molecular flexibility index (Phi) is 3.94. The third-order valence-corrected chi connectivity index (χ3v) is 2.67. The normalized spacial score (nSPS) is 20.4. The Labute approximate surface area is 95.4 Å². The SMILES string of the molecule is O=C(OCc1ccccc1)C1CCCCO1. The summed E-state index contributed by atoms with van der Waals surface area (Å²) in [4.78, 5) is 11.6. The number of benzene rings is 1. The maximum Gasteiger partial charge on any atom is 0.335 e. The molecule has 3 heteroatoms. The van der Waals surface area contributed by atoms with Crippen LogP contribution in [0.2, 0.25) is 0 Å². The van der Waals surface area contributed by atoms with Gasteiger partial charge in [-0.3, -0.25) is 0 Å². The standard InChI is InChI=1S/C13H16O3/c14-13(12-8-4-5-9-15-12)16-10-11-6-2-1-3-7-11/h1-3,6-7,12H,4-5,8-10H2. The molecule has 0 aliphatic carbocycles. The molecule has 1 fully saturated rings. The molecule has 1 aromatic rings. The van der Waals surface area contributed by atoms with E-state index >= 15 is 0 Å². The van der Waals surface area contributed by atoms with Crippen molar-refractivity contribution in [1.29, 1.82) is 0 Å². The van der Waals surface area contributed by atoms with Crippen LogP contribution in [0, 0.1) is 0 Å². The Hall–Kier alpha value is -1.35. The van der Waals surface area contributed by atoms with Crippen molar-refractivity contribution >= 4 is 5.97 Å². The van der Waals surface area contributed by atoms with E-state index in [9.17, 15) is 4.79 Å². The van der Waals surface area contributed by atoms with Crippen molar-refractivity contribution in [2.75, 3.05) is 6.61 Å². The topological polar surface area (TPSA) is 35.5 Å². The van der Waals surface area contributed by atoms with Gasteiger partial charge in [0.25, 0.3) is 0 Å². The molecule has 1 heterocycles. The fourth-order valence-corrected chi connectivity index (χ4v) is 1.75.